The number of benzene rings is 1. The fourth-order valence-corrected chi connectivity index (χ4v) is 3.73. The largest absolute Gasteiger partial charge is 0.452 e. The second-order valence-corrected chi connectivity index (χ2v) is 7.66. The number of rotatable bonds is 6. The predicted molar refractivity (Wildman–Crippen MR) is 96.8 cm³/mol. The standard InChI is InChI=1S/C19H27NO3S/c1-13-8-7-11-17(14(13)2)20-19(22)15(3)23-18(21)12-24-16-9-5-4-6-10-16/h4-6,9-10,13-15,17H,7-8,11-12H2,1-3H3,(H,20,22)/t13-,14-,15-,17-/m1/s1. The average molecular weight is 349 g/mol. The van der Waals surface area contributed by atoms with Gasteiger partial charge in [-0.25, -0.2) is 0 Å². The van der Waals surface area contributed by atoms with E-state index in [-0.39, 0.29) is 23.7 Å². The summed E-state index contributed by atoms with van der Waals surface area (Å²) in [6.07, 6.45) is 2.60. The average Bonchev–Trinajstić information content (AvgIpc) is 2.58. The molecular formula is C19H27NO3S. The summed E-state index contributed by atoms with van der Waals surface area (Å²) in [5.74, 6) is 0.720. The van der Waals surface area contributed by atoms with Crippen molar-refractivity contribution in [2.45, 2.75) is 57.1 Å². The first kappa shape index (κ1) is 18.8. The van der Waals surface area contributed by atoms with E-state index in [2.05, 4.69) is 19.2 Å². The molecule has 2 rings (SSSR count). The van der Waals surface area contributed by atoms with Crippen molar-refractivity contribution < 1.29 is 14.3 Å². The molecule has 24 heavy (non-hydrogen) atoms. The van der Waals surface area contributed by atoms with E-state index in [0.717, 1.165) is 17.7 Å². The van der Waals surface area contributed by atoms with E-state index in [1.54, 1.807) is 6.92 Å². The number of carbonyl (C=O) groups excluding carboxylic acids is 2. The van der Waals surface area contributed by atoms with E-state index in [1.807, 2.05) is 30.3 Å². The van der Waals surface area contributed by atoms with Crippen LogP contribution in [0.5, 0.6) is 0 Å². The fourth-order valence-electron chi connectivity index (χ4n) is 3.03. The number of hydrogen-bond acceptors (Lipinski definition) is 4. The highest BCUT2D eigenvalue weighted by atomic mass is 32.2. The van der Waals surface area contributed by atoms with Crippen molar-refractivity contribution in [1.82, 2.24) is 5.32 Å². The number of hydrogen-bond donors (Lipinski definition) is 1. The highest BCUT2D eigenvalue weighted by molar-refractivity contribution is 8.00. The Kier molecular flexibility index (Phi) is 7.16. The van der Waals surface area contributed by atoms with E-state index in [0.29, 0.717) is 11.8 Å². The molecule has 4 atom stereocenters. The van der Waals surface area contributed by atoms with Crippen molar-refractivity contribution in [3.63, 3.8) is 0 Å². The molecule has 0 spiro atoms. The van der Waals surface area contributed by atoms with Crippen molar-refractivity contribution in [1.29, 1.82) is 0 Å². The van der Waals surface area contributed by atoms with Crippen molar-refractivity contribution >= 4 is 23.6 Å². The lowest BCUT2D eigenvalue weighted by Crippen LogP contribution is -2.47. The lowest BCUT2D eigenvalue weighted by Gasteiger charge is -2.35. The number of carbonyl (C=O) groups is 2. The van der Waals surface area contributed by atoms with Crippen molar-refractivity contribution in [3.05, 3.63) is 30.3 Å². The fraction of sp³-hybridized carbons (Fsp3) is 0.579. The van der Waals surface area contributed by atoms with Crippen LogP contribution in [0.25, 0.3) is 0 Å². The van der Waals surface area contributed by atoms with Crippen LogP contribution in [0.3, 0.4) is 0 Å². The van der Waals surface area contributed by atoms with Gasteiger partial charge in [-0.15, -0.1) is 11.8 Å². The smallest absolute Gasteiger partial charge is 0.317 e. The van der Waals surface area contributed by atoms with Gasteiger partial charge in [0.05, 0.1) is 5.75 Å². The highest BCUT2D eigenvalue weighted by Crippen LogP contribution is 2.29. The van der Waals surface area contributed by atoms with Gasteiger partial charge >= 0.3 is 5.97 Å². The Morgan fingerprint density at radius 3 is 2.67 bits per heavy atom. The number of nitrogens with one attached hydrogen (secondary N) is 1. The summed E-state index contributed by atoms with van der Waals surface area (Å²) in [6, 6.07) is 9.86. The van der Waals surface area contributed by atoms with Gasteiger partial charge in [-0.05, 0) is 37.3 Å². The van der Waals surface area contributed by atoms with Crippen LogP contribution >= 0.6 is 11.8 Å². The van der Waals surface area contributed by atoms with Crippen molar-refractivity contribution in [2.75, 3.05) is 5.75 Å². The molecule has 0 aliphatic heterocycles. The molecule has 0 aromatic heterocycles. The molecule has 5 heteroatoms. The molecule has 1 N–H and O–H groups in total. The van der Waals surface area contributed by atoms with Gasteiger partial charge in [-0.3, -0.25) is 9.59 Å². The minimum atomic E-state index is -0.752. The molecular weight excluding hydrogens is 322 g/mol. The summed E-state index contributed by atoms with van der Waals surface area (Å²) >= 11 is 1.41. The number of thioether (sulfide) groups is 1. The Balaban J connectivity index is 1.75. The zero-order valence-corrected chi connectivity index (χ0v) is 15.5. The molecule has 0 unspecified atom stereocenters. The van der Waals surface area contributed by atoms with E-state index in [1.165, 1.54) is 18.2 Å². The van der Waals surface area contributed by atoms with E-state index in [9.17, 15) is 9.59 Å². The van der Waals surface area contributed by atoms with Gasteiger partial charge in [0.1, 0.15) is 0 Å². The highest BCUT2D eigenvalue weighted by Gasteiger charge is 2.30. The molecule has 0 radical (unpaired) electrons. The lowest BCUT2D eigenvalue weighted by molar-refractivity contribution is -0.152. The minimum absolute atomic E-state index is 0.182. The van der Waals surface area contributed by atoms with Gasteiger partial charge < -0.3 is 10.1 Å². The zero-order chi connectivity index (χ0) is 17.5. The molecule has 1 amide bonds. The summed E-state index contributed by atoms with van der Waals surface area (Å²) in [5.41, 5.74) is 0. The van der Waals surface area contributed by atoms with Crippen LogP contribution in [0.1, 0.15) is 40.0 Å². The van der Waals surface area contributed by atoms with Gasteiger partial charge in [0.15, 0.2) is 6.10 Å². The first-order valence-corrected chi connectivity index (χ1v) is 9.63. The molecule has 0 bridgehead atoms. The molecule has 0 heterocycles. The number of amides is 1. The molecule has 1 saturated carbocycles. The maximum atomic E-state index is 12.3. The maximum absolute atomic E-state index is 12.3. The second-order valence-electron chi connectivity index (χ2n) is 6.62. The minimum Gasteiger partial charge on any atom is -0.452 e. The second kappa shape index (κ2) is 9.11. The SMILES string of the molecule is C[C@@H]1[C@H](C)CCC[C@H]1NC(=O)[C@@H](C)OC(=O)CSc1ccccc1. The maximum Gasteiger partial charge on any atom is 0.317 e. The third kappa shape index (κ3) is 5.55. The van der Waals surface area contributed by atoms with Crippen LogP contribution in [-0.4, -0.2) is 29.8 Å². The molecule has 0 saturated heterocycles. The Morgan fingerprint density at radius 1 is 1.25 bits per heavy atom. The molecule has 1 aliphatic rings. The van der Waals surface area contributed by atoms with Gasteiger partial charge in [0.2, 0.25) is 0 Å². The van der Waals surface area contributed by atoms with E-state index >= 15 is 0 Å². The monoisotopic (exact) mass is 349 g/mol. The summed E-state index contributed by atoms with van der Waals surface area (Å²) in [5, 5.41) is 3.06. The molecule has 1 aromatic rings. The van der Waals surface area contributed by atoms with Crippen LogP contribution in [0, 0.1) is 11.8 Å². The summed E-state index contributed by atoms with van der Waals surface area (Å²) in [6.45, 7) is 6.05. The summed E-state index contributed by atoms with van der Waals surface area (Å²) < 4.78 is 5.27. The Bertz CT molecular complexity index is 549. The number of esters is 1. The Morgan fingerprint density at radius 2 is 1.96 bits per heavy atom. The molecule has 1 aliphatic carbocycles. The Hall–Kier alpha value is -1.49. The van der Waals surface area contributed by atoms with Gasteiger partial charge in [-0.1, -0.05) is 44.9 Å². The van der Waals surface area contributed by atoms with Crippen LogP contribution < -0.4 is 5.32 Å². The van der Waals surface area contributed by atoms with Gasteiger partial charge in [-0.2, -0.15) is 0 Å². The topological polar surface area (TPSA) is 55.4 Å². The van der Waals surface area contributed by atoms with Crippen molar-refractivity contribution in [3.8, 4) is 0 Å². The van der Waals surface area contributed by atoms with Crippen LogP contribution in [0.2, 0.25) is 0 Å². The van der Waals surface area contributed by atoms with E-state index in [4.69, 9.17) is 4.74 Å². The molecule has 132 valence electrons. The molecule has 1 aromatic carbocycles. The van der Waals surface area contributed by atoms with Crippen LogP contribution in [0.4, 0.5) is 0 Å². The van der Waals surface area contributed by atoms with Crippen LogP contribution in [-0.2, 0) is 14.3 Å². The molecule has 1 fully saturated rings. The molecule has 4 nitrogen and oxygen atoms in total. The van der Waals surface area contributed by atoms with Crippen molar-refractivity contribution in [2.24, 2.45) is 11.8 Å². The van der Waals surface area contributed by atoms with Gasteiger partial charge in [0.25, 0.3) is 5.91 Å². The lowest BCUT2D eigenvalue weighted by atomic mass is 9.78. The quantitative estimate of drug-likeness (QED) is 0.629. The Labute approximate surface area is 148 Å². The zero-order valence-electron chi connectivity index (χ0n) is 14.7. The van der Waals surface area contributed by atoms with Gasteiger partial charge in [0, 0.05) is 10.9 Å². The third-order valence-electron chi connectivity index (χ3n) is 4.81. The normalized spacial score (nSPS) is 24.9. The predicted octanol–water partition coefficient (Wildman–Crippen LogP) is 3.65. The van der Waals surface area contributed by atoms with Crippen LogP contribution in [0.15, 0.2) is 35.2 Å². The summed E-state index contributed by atoms with van der Waals surface area (Å²) in [4.78, 5) is 25.2. The first-order chi connectivity index (χ1) is 11.5. The summed E-state index contributed by atoms with van der Waals surface area (Å²) in [7, 11) is 0. The van der Waals surface area contributed by atoms with E-state index < -0.39 is 6.10 Å². The number of ether oxygens (including phenoxy) is 1. The third-order valence-corrected chi connectivity index (χ3v) is 5.80. The first-order valence-electron chi connectivity index (χ1n) is 8.65.